The Hall–Kier alpha value is -1.33. The van der Waals surface area contributed by atoms with Crippen molar-refractivity contribution in [1.29, 1.82) is 0 Å². The number of fused-ring (bicyclic) bond motifs is 1. The van der Waals surface area contributed by atoms with E-state index in [9.17, 15) is 8.42 Å². The number of aryl methyl sites for hydroxylation is 1. The van der Waals surface area contributed by atoms with Gasteiger partial charge in [0.15, 0.2) is 9.84 Å². The predicted molar refractivity (Wildman–Crippen MR) is 74.2 cm³/mol. The summed E-state index contributed by atoms with van der Waals surface area (Å²) in [5.41, 5.74) is 7.74. The fraction of sp³-hybridized carbons (Fsp3) is 0.385. The Morgan fingerprint density at radius 1 is 1.28 bits per heavy atom. The Bertz CT molecular complexity index is 644. The fourth-order valence-corrected chi connectivity index (χ4v) is 2.82. The Morgan fingerprint density at radius 3 is 2.67 bits per heavy atom. The molecule has 2 aromatic rings. The molecule has 0 aliphatic rings. The minimum Gasteiger partial charge on any atom is -0.342 e. The van der Waals surface area contributed by atoms with Gasteiger partial charge in [-0.15, -0.1) is 0 Å². The van der Waals surface area contributed by atoms with Crippen molar-refractivity contribution in [3.63, 3.8) is 0 Å². The molecule has 0 radical (unpaired) electrons. The number of hydrogen-bond acceptors (Lipinski definition) is 3. The van der Waals surface area contributed by atoms with E-state index in [4.69, 9.17) is 5.73 Å². The summed E-state index contributed by atoms with van der Waals surface area (Å²) < 4.78 is 25.2. The molecule has 0 saturated heterocycles. The van der Waals surface area contributed by atoms with E-state index in [1.54, 1.807) is 6.92 Å². The van der Waals surface area contributed by atoms with Gasteiger partial charge in [-0.1, -0.05) is 25.1 Å². The van der Waals surface area contributed by atoms with Gasteiger partial charge in [0.05, 0.1) is 5.75 Å². The van der Waals surface area contributed by atoms with Crippen molar-refractivity contribution in [3.05, 3.63) is 36.0 Å². The molecule has 18 heavy (non-hydrogen) atoms. The molecule has 0 fully saturated rings. The average molecular weight is 266 g/mol. The monoisotopic (exact) mass is 266 g/mol. The maximum absolute atomic E-state index is 11.6. The number of sulfone groups is 1. The topological polar surface area (TPSA) is 65.1 Å². The lowest BCUT2D eigenvalue weighted by molar-refractivity contribution is 0.589. The van der Waals surface area contributed by atoms with E-state index in [2.05, 4.69) is 0 Å². The first kappa shape index (κ1) is 13.1. The minimum absolute atomic E-state index is 0.162. The first-order chi connectivity index (χ1) is 8.57. The van der Waals surface area contributed by atoms with Gasteiger partial charge in [0, 0.05) is 30.1 Å². The van der Waals surface area contributed by atoms with Gasteiger partial charge in [-0.3, -0.25) is 0 Å². The lowest BCUT2D eigenvalue weighted by atomic mass is 10.2. The van der Waals surface area contributed by atoms with Gasteiger partial charge in [-0.25, -0.2) is 8.42 Å². The SMILES string of the molecule is CCS(=O)(=O)CCn1c(CN)cc2ccccc21. The van der Waals surface area contributed by atoms with E-state index in [-0.39, 0.29) is 11.5 Å². The van der Waals surface area contributed by atoms with Crippen LogP contribution in [0.4, 0.5) is 0 Å². The summed E-state index contributed by atoms with van der Waals surface area (Å²) in [5.74, 6) is 0.347. The Kier molecular flexibility index (Phi) is 3.73. The molecule has 0 bridgehead atoms. The number of benzene rings is 1. The number of hydrogen-bond donors (Lipinski definition) is 1. The Labute approximate surface area is 107 Å². The number of aromatic nitrogens is 1. The van der Waals surface area contributed by atoms with Crippen molar-refractivity contribution in [2.24, 2.45) is 5.73 Å². The summed E-state index contributed by atoms with van der Waals surface area (Å²) >= 11 is 0. The molecule has 0 unspecified atom stereocenters. The molecule has 0 aliphatic carbocycles. The van der Waals surface area contributed by atoms with Crippen molar-refractivity contribution in [1.82, 2.24) is 4.57 Å². The molecule has 0 spiro atoms. The third-order valence-electron chi connectivity index (χ3n) is 3.17. The zero-order valence-electron chi connectivity index (χ0n) is 10.5. The molecular weight excluding hydrogens is 248 g/mol. The van der Waals surface area contributed by atoms with Crippen LogP contribution in [0.5, 0.6) is 0 Å². The van der Waals surface area contributed by atoms with Crippen LogP contribution in [0.15, 0.2) is 30.3 Å². The van der Waals surface area contributed by atoms with Gasteiger partial charge in [-0.2, -0.15) is 0 Å². The first-order valence-electron chi connectivity index (χ1n) is 6.05. The van der Waals surface area contributed by atoms with E-state index in [0.717, 1.165) is 16.6 Å². The summed E-state index contributed by atoms with van der Waals surface area (Å²) in [4.78, 5) is 0. The zero-order chi connectivity index (χ0) is 13.2. The van der Waals surface area contributed by atoms with E-state index in [0.29, 0.717) is 13.1 Å². The van der Waals surface area contributed by atoms with Crippen LogP contribution in [0.3, 0.4) is 0 Å². The number of para-hydroxylation sites is 1. The fourth-order valence-electron chi connectivity index (χ4n) is 2.08. The van der Waals surface area contributed by atoms with E-state index in [1.807, 2.05) is 34.9 Å². The van der Waals surface area contributed by atoms with Crippen molar-refractivity contribution in [3.8, 4) is 0 Å². The van der Waals surface area contributed by atoms with E-state index < -0.39 is 9.84 Å². The molecular formula is C13H18N2O2S. The Balaban J connectivity index is 2.37. The summed E-state index contributed by atoms with van der Waals surface area (Å²) in [7, 11) is -2.95. The van der Waals surface area contributed by atoms with Crippen LogP contribution >= 0.6 is 0 Å². The summed E-state index contributed by atoms with van der Waals surface area (Å²) in [6.45, 7) is 2.56. The van der Waals surface area contributed by atoms with Crippen molar-refractivity contribution < 1.29 is 8.42 Å². The largest absolute Gasteiger partial charge is 0.342 e. The van der Waals surface area contributed by atoms with Gasteiger partial charge in [0.2, 0.25) is 0 Å². The third kappa shape index (κ3) is 2.57. The summed E-state index contributed by atoms with van der Waals surface area (Å²) in [6, 6.07) is 9.95. The lowest BCUT2D eigenvalue weighted by Crippen LogP contribution is -2.16. The molecule has 2 rings (SSSR count). The van der Waals surface area contributed by atoms with Gasteiger partial charge in [0.1, 0.15) is 0 Å². The van der Waals surface area contributed by atoms with Crippen LogP contribution < -0.4 is 5.73 Å². The zero-order valence-corrected chi connectivity index (χ0v) is 11.3. The van der Waals surface area contributed by atoms with Gasteiger partial charge in [-0.05, 0) is 17.5 Å². The first-order valence-corrected chi connectivity index (χ1v) is 7.87. The maximum atomic E-state index is 11.6. The highest BCUT2D eigenvalue weighted by Crippen LogP contribution is 2.19. The molecule has 5 heteroatoms. The van der Waals surface area contributed by atoms with Crippen LogP contribution in [0.2, 0.25) is 0 Å². The van der Waals surface area contributed by atoms with Crippen molar-refractivity contribution in [2.75, 3.05) is 11.5 Å². The molecule has 0 amide bonds. The highest BCUT2D eigenvalue weighted by Gasteiger charge is 2.11. The van der Waals surface area contributed by atoms with Crippen LogP contribution in [0.1, 0.15) is 12.6 Å². The van der Waals surface area contributed by atoms with E-state index in [1.165, 1.54) is 0 Å². The van der Waals surface area contributed by atoms with Crippen LogP contribution in [-0.4, -0.2) is 24.5 Å². The smallest absolute Gasteiger partial charge is 0.151 e. The van der Waals surface area contributed by atoms with Crippen LogP contribution in [0, 0.1) is 0 Å². The summed E-state index contributed by atoms with van der Waals surface area (Å²) in [6.07, 6.45) is 0. The standard InChI is InChI=1S/C13H18N2O2S/c1-2-18(16,17)8-7-15-12(10-14)9-11-5-3-4-6-13(11)15/h3-6,9H,2,7-8,10,14H2,1H3. The molecule has 98 valence electrons. The Morgan fingerprint density at radius 2 is 2.00 bits per heavy atom. The minimum atomic E-state index is -2.95. The third-order valence-corrected chi connectivity index (χ3v) is 4.86. The van der Waals surface area contributed by atoms with E-state index >= 15 is 0 Å². The molecule has 4 nitrogen and oxygen atoms in total. The molecule has 0 saturated carbocycles. The highest BCUT2D eigenvalue weighted by molar-refractivity contribution is 7.91. The normalized spacial score (nSPS) is 12.1. The van der Waals surface area contributed by atoms with Crippen LogP contribution in [0.25, 0.3) is 10.9 Å². The number of rotatable bonds is 5. The van der Waals surface area contributed by atoms with Crippen molar-refractivity contribution >= 4 is 20.7 Å². The van der Waals surface area contributed by atoms with Gasteiger partial charge in [0.25, 0.3) is 0 Å². The highest BCUT2D eigenvalue weighted by atomic mass is 32.2. The predicted octanol–water partition coefficient (Wildman–Crippen LogP) is 1.53. The lowest BCUT2D eigenvalue weighted by Gasteiger charge is -2.09. The summed E-state index contributed by atoms with van der Waals surface area (Å²) in [5, 5.41) is 1.10. The second kappa shape index (κ2) is 5.12. The molecule has 1 heterocycles. The molecule has 1 aromatic carbocycles. The second-order valence-electron chi connectivity index (χ2n) is 4.29. The average Bonchev–Trinajstić information content (AvgIpc) is 2.74. The second-order valence-corrected chi connectivity index (χ2v) is 6.76. The molecule has 0 atom stereocenters. The number of nitrogens with two attached hydrogens (primary N) is 1. The van der Waals surface area contributed by atoms with Gasteiger partial charge < -0.3 is 10.3 Å². The van der Waals surface area contributed by atoms with Gasteiger partial charge >= 0.3 is 0 Å². The quantitative estimate of drug-likeness (QED) is 0.892. The van der Waals surface area contributed by atoms with Crippen LogP contribution in [-0.2, 0) is 22.9 Å². The molecule has 1 aromatic heterocycles. The molecule has 0 aliphatic heterocycles. The maximum Gasteiger partial charge on any atom is 0.151 e. The molecule has 2 N–H and O–H groups in total. The van der Waals surface area contributed by atoms with Crippen molar-refractivity contribution in [2.45, 2.75) is 20.0 Å². The number of nitrogens with zero attached hydrogens (tertiary/aromatic N) is 1.